The Hall–Kier alpha value is -3.39. The Kier molecular flexibility index (Phi) is 7.15. The minimum atomic E-state index is -0.833. The molecule has 6 nitrogen and oxygen atoms in total. The molecular formula is C24H25F2N3O3. The second kappa shape index (κ2) is 9.82. The van der Waals surface area contributed by atoms with Crippen LogP contribution in [0.2, 0.25) is 0 Å². The maximum Gasteiger partial charge on any atom is 0.300 e. The van der Waals surface area contributed by atoms with E-state index in [1.54, 1.807) is 36.1 Å². The molecule has 2 heterocycles. The Labute approximate surface area is 184 Å². The summed E-state index contributed by atoms with van der Waals surface area (Å²) >= 11 is 0. The van der Waals surface area contributed by atoms with Gasteiger partial charge in [-0.05, 0) is 55.2 Å². The molecule has 1 aliphatic heterocycles. The van der Waals surface area contributed by atoms with Crippen molar-refractivity contribution in [1.29, 1.82) is 0 Å². The van der Waals surface area contributed by atoms with Crippen molar-refractivity contribution in [3.05, 3.63) is 65.4 Å². The van der Waals surface area contributed by atoms with Gasteiger partial charge in [0.25, 0.3) is 11.9 Å². The number of piperidine rings is 1. The number of fused-ring (bicyclic) bond motifs is 1. The van der Waals surface area contributed by atoms with Gasteiger partial charge in [0.15, 0.2) is 5.82 Å². The number of aromatic nitrogens is 1. The number of carboxylic acids is 1. The molecule has 1 saturated heterocycles. The highest BCUT2D eigenvalue weighted by Crippen LogP contribution is 2.31. The third kappa shape index (κ3) is 5.45. The first kappa shape index (κ1) is 23.3. The molecule has 1 aromatic heterocycles. The van der Waals surface area contributed by atoms with Gasteiger partial charge in [-0.3, -0.25) is 9.59 Å². The summed E-state index contributed by atoms with van der Waals surface area (Å²) in [5.41, 5.74) is 8.63. The van der Waals surface area contributed by atoms with Crippen LogP contribution in [0.25, 0.3) is 22.0 Å². The molecule has 1 atom stereocenters. The first-order chi connectivity index (χ1) is 15.2. The quantitative estimate of drug-likeness (QED) is 0.623. The van der Waals surface area contributed by atoms with Gasteiger partial charge >= 0.3 is 0 Å². The summed E-state index contributed by atoms with van der Waals surface area (Å²) in [6.07, 6.45) is 1.81. The van der Waals surface area contributed by atoms with Crippen molar-refractivity contribution < 1.29 is 23.5 Å². The third-order valence-electron chi connectivity index (χ3n) is 5.13. The molecule has 3 N–H and O–H groups in total. The molecule has 8 heteroatoms. The molecule has 0 spiro atoms. The molecule has 1 fully saturated rings. The monoisotopic (exact) mass is 441 g/mol. The van der Waals surface area contributed by atoms with Crippen LogP contribution in [-0.2, 0) is 4.79 Å². The molecule has 0 radical (unpaired) electrons. The van der Waals surface area contributed by atoms with Crippen molar-refractivity contribution in [1.82, 2.24) is 9.88 Å². The molecule has 1 aliphatic rings. The van der Waals surface area contributed by atoms with Crippen molar-refractivity contribution >= 4 is 22.8 Å². The van der Waals surface area contributed by atoms with Crippen LogP contribution in [0.4, 0.5) is 8.78 Å². The van der Waals surface area contributed by atoms with E-state index < -0.39 is 17.6 Å². The minimum absolute atomic E-state index is 0.00127. The number of benzene rings is 2. The number of nitrogens with two attached hydrogens (primary N) is 1. The van der Waals surface area contributed by atoms with E-state index in [1.807, 2.05) is 6.07 Å². The van der Waals surface area contributed by atoms with E-state index in [0.29, 0.717) is 40.9 Å². The second-order valence-corrected chi connectivity index (χ2v) is 7.85. The van der Waals surface area contributed by atoms with E-state index in [9.17, 15) is 13.6 Å². The van der Waals surface area contributed by atoms with Crippen molar-refractivity contribution in [2.24, 2.45) is 5.73 Å². The van der Waals surface area contributed by atoms with Crippen LogP contribution in [0.3, 0.4) is 0 Å². The number of pyridine rings is 1. The van der Waals surface area contributed by atoms with Gasteiger partial charge in [0.2, 0.25) is 0 Å². The van der Waals surface area contributed by atoms with Gasteiger partial charge in [0.05, 0.1) is 0 Å². The number of hydrogen-bond acceptors (Lipinski definition) is 4. The first-order valence-electron chi connectivity index (χ1n) is 10.3. The lowest BCUT2D eigenvalue weighted by atomic mass is 9.97. The predicted octanol–water partition coefficient (Wildman–Crippen LogP) is 4.14. The topological polar surface area (TPSA) is 96.5 Å². The van der Waals surface area contributed by atoms with Gasteiger partial charge in [-0.1, -0.05) is 12.1 Å². The van der Waals surface area contributed by atoms with Crippen molar-refractivity contribution in [2.45, 2.75) is 32.7 Å². The van der Waals surface area contributed by atoms with Gasteiger partial charge in [-0.2, -0.15) is 0 Å². The highest BCUT2D eigenvalue weighted by atomic mass is 19.1. The Balaban J connectivity index is 0.000000668. The van der Waals surface area contributed by atoms with E-state index in [1.165, 1.54) is 6.07 Å². The minimum Gasteiger partial charge on any atom is -0.481 e. The number of nitrogens with zero attached hydrogens (tertiary/aromatic N) is 2. The number of aliphatic carboxylic acids is 1. The zero-order valence-corrected chi connectivity index (χ0v) is 17.9. The summed E-state index contributed by atoms with van der Waals surface area (Å²) in [5.74, 6) is -2.27. The van der Waals surface area contributed by atoms with E-state index >= 15 is 0 Å². The van der Waals surface area contributed by atoms with Crippen LogP contribution in [0.1, 0.15) is 35.8 Å². The molecular weight excluding hydrogens is 416 g/mol. The predicted molar refractivity (Wildman–Crippen MR) is 118 cm³/mol. The van der Waals surface area contributed by atoms with Crippen LogP contribution in [0.5, 0.6) is 0 Å². The summed E-state index contributed by atoms with van der Waals surface area (Å²) in [5, 5.41) is 7.80. The van der Waals surface area contributed by atoms with Gasteiger partial charge in [0.1, 0.15) is 11.3 Å². The van der Waals surface area contributed by atoms with Crippen LogP contribution < -0.4 is 5.73 Å². The lowest BCUT2D eigenvalue weighted by Gasteiger charge is -2.31. The van der Waals surface area contributed by atoms with Gasteiger partial charge in [-0.15, -0.1) is 0 Å². The molecule has 0 aliphatic carbocycles. The first-order valence-corrected chi connectivity index (χ1v) is 10.3. The fourth-order valence-electron chi connectivity index (χ4n) is 3.82. The van der Waals surface area contributed by atoms with Crippen molar-refractivity contribution in [2.75, 3.05) is 13.1 Å². The summed E-state index contributed by atoms with van der Waals surface area (Å²) in [7, 11) is 0. The molecule has 1 unspecified atom stereocenters. The zero-order chi connectivity index (χ0) is 23.4. The fraction of sp³-hybridized carbons (Fsp3) is 0.292. The number of rotatable bonds is 2. The Morgan fingerprint density at radius 3 is 2.59 bits per heavy atom. The fourth-order valence-corrected chi connectivity index (χ4v) is 3.82. The van der Waals surface area contributed by atoms with Crippen LogP contribution >= 0.6 is 0 Å². The molecule has 2 aromatic carbocycles. The Bertz CT molecular complexity index is 1160. The number of amides is 1. The summed E-state index contributed by atoms with van der Waals surface area (Å²) in [6.45, 7) is 4.07. The second-order valence-electron chi connectivity index (χ2n) is 7.85. The van der Waals surface area contributed by atoms with Crippen molar-refractivity contribution in [3.8, 4) is 11.1 Å². The van der Waals surface area contributed by atoms with E-state index in [4.69, 9.17) is 15.6 Å². The maximum absolute atomic E-state index is 14.2. The molecule has 32 heavy (non-hydrogen) atoms. The summed E-state index contributed by atoms with van der Waals surface area (Å²) in [6, 6.07) is 11.0. The van der Waals surface area contributed by atoms with Gasteiger partial charge < -0.3 is 15.7 Å². The molecule has 1 amide bonds. The summed E-state index contributed by atoms with van der Waals surface area (Å²) in [4.78, 5) is 27.9. The molecule has 4 rings (SSSR count). The SMILES string of the molecule is CC(=O)O.Cc1cc(-c2cccc(C(=O)N3CCCC(N)C3)c2)c2cc(F)cc(F)c2n1. The standard InChI is InChI=1S/C22H21F2N3O.C2H4O2/c1-13-8-18(19-10-16(23)11-20(24)21(19)26-13)14-4-2-5-15(9-14)22(28)27-7-3-6-17(25)12-27;1-2(3)4/h2,4-5,8-11,17H,3,6-7,12,25H2,1H3;1H3,(H,3,4). The van der Waals surface area contributed by atoms with Crippen molar-refractivity contribution in [3.63, 3.8) is 0 Å². The lowest BCUT2D eigenvalue weighted by Crippen LogP contribution is -2.45. The molecule has 0 saturated carbocycles. The number of carbonyl (C=O) groups excluding carboxylic acids is 1. The van der Waals surface area contributed by atoms with Gasteiger partial charge in [0, 0.05) is 48.8 Å². The number of carbonyl (C=O) groups is 2. The number of aryl methyl sites for hydroxylation is 1. The zero-order valence-electron chi connectivity index (χ0n) is 17.9. The van der Waals surface area contributed by atoms with Crippen LogP contribution in [0.15, 0.2) is 42.5 Å². The third-order valence-corrected chi connectivity index (χ3v) is 5.13. The van der Waals surface area contributed by atoms with E-state index in [0.717, 1.165) is 25.8 Å². The largest absolute Gasteiger partial charge is 0.481 e. The molecule has 0 bridgehead atoms. The average molecular weight is 441 g/mol. The smallest absolute Gasteiger partial charge is 0.300 e. The molecule has 3 aromatic rings. The highest BCUT2D eigenvalue weighted by molar-refractivity contribution is 5.99. The number of carboxylic acid groups (broad SMARTS) is 1. The van der Waals surface area contributed by atoms with Gasteiger partial charge in [-0.25, -0.2) is 13.8 Å². The number of likely N-dealkylation sites (tertiary alicyclic amines) is 1. The number of hydrogen-bond donors (Lipinski definition) is 2. The van der Waals surface area contributed by atoms with Crippen LogP contribution in [0, 0.1) is 18.6 Å². The van der Waals surface area contributed by atoms with E-state index in [2.05, 4.69) is 4.98 Å². The highest BCUT2D eigenvalue weighted by Gasteiger charge is 2.23. The molecule has 168 valence electrons. The maximum atomic E-state index is 14.2. The average Bonchev–Trinajstić information content (AvgIpc) is 2.73. The van der Waals surface area contributed by atoms with E-state index in [-0.39, 0.29) is 17.5 Å². The Morgan fingerprint density at radius 1 is 1.19 bits per heavy atom. The van der Waals surface area contributed by atoms with Crippen LogP contribution in [-0.4, -0.2) is 46.0 Å². The number of halogens is 2. The lowest BCUT2D eigenvalue weighted by molar-refractivity contribution is -0.134. The normalized spacial score (nSPS) is 15.8. The summed E-state index contributed by atoms with van der Waals surface area (Å²) < 4.78 is 28.1. The Morgan fingerprint density at radius 2 is 1.91 bits per heavy atom.